The molecule has 5 nitrogen and oxygen atoms in total. The van der Waals surface area contributed by atoms with Gasteiger partial charge in [-0.2, -0.15) is 0 Å². The highest BCUT2D eigenvalue weighted by Crippen LogP contribution is 2.45. The van der Waals surface area contributed by atoms with E-state index in [9.17, 15) is 20.3 Å². The predicted molar refractivity (Wildman–Crippen MR) is 57.1 cm³/mol. The number of rotatable bonds is 1. The maximum absolute atomic E-state index is 10.6. The molecule has 2 rings (SSSR count). The summed E-state index contributed by atoms with van der Waals surface area (Å²) in [4.78, 5) is 10.1. The van der Waals surface area contributed by atoms with E-state index in [0.717, 1.165) is 5.56 Å². The lowest BCUT2D eigenvalue weighted by molar-refractivity contribution is -0.385. The second kappa shape index (κ2) is 3.26. The van der Waals surface area contributed by atoms with Crippen molar-refractivity contribution in [3.8, 4) is 0 Å². The highest BCUT2D eigenvalue weighted by Gasteiger charge is 2.45. The fourth-order valence-electron chi connectivity index (χ4n) is 2.22. The van der Waals surface area contributed by atoms with Crippen molar-refractivity contribution in [2.24, 2.45) is 0 Å². The number of hydrogen-bond donors (Lipinski definition) is 2. The first kappa shape index (κ1) is 11.0. The highest BCUT2D eigenvalue weighted by molar-refractivity contribution is 5.49. The summed E-state index contributed by atoms with van der Waals surface area (Å²) in [6.07, 6.45) is -1.98. The van der Waals surface area contributed by atoms with Crippen LogP contribution in [0.25, 0.3) is 0 Å². The molecule has 16 heavy (non-hydrogen) atoms. The quantitative estimate of drug-likeness (QED) is 0.555. The van der Waals surface area contributed by atoms with Crippen LogP contribution in [0.4, 0.5) is 5.69 Å². The minimum atomic E-state index is -1.05. The molecule has 0 unspecified atom stereocenters. The Hall–Kier alpha value is -1.46. The highest BCUT2D eigenvalue weighted by atomic mass is 16.6. The van der Waals surface area contributed by atoms with Gasteiger partial charge in [0.15, 0.2) is 0 Å². The summed E-state index contributed by atoms with van der Waals surface area (Å²) in [7, 11) is 0. The summed E-state index contributed by atoms with van der Waals surface area (Å²) in [5, 5.41) is 30.3. The molecule has 0 spiro atoms. The maximum atomic E-state index is 10.6. The summed E-state index contributed by atoms with van der Waals surface area (Å²) >= 11 is 0. The minimum Gasteiger partial charge on any atom is -0.389 e. The zero-order valence-electron chi connectivity index (χ0n) is 9.04. The second-order valence-corrected chi connectivity index (χ2v) is 4.64. The molecule has 0 saturated carbocycles. The van der Waals surface area contributed by atoms with Gasteiger partial charge in [-0.15, -0.1) is 0 Å². The number of nitrogens with zero attached hydrogens (tertiary/aromatic N) is 1. The van der Waals surface area contributed by atoms with Gasteiger partial charge >= 0.3 is 0 Å². The molecule has 0 heterocycles. The first-order valence-corrected chi connectivity index (χ1v) is 5.00. The van der Waals surface area contributed by atoms with Crippen molar-refractivity contribution in [2.45, 2.75) is 31.5 Å². The van der Waals surface area contributed by atoms with Crippen molar-refractivity contribution in [2.75, 3.05) is 0 Å². The fraction of sp³-hybridized carbons (Fsp3) is 0.455. The molecule has 0 fully saturated rings. The number of non-ortho nitro benzene ring substituents is 1. The van der Waals surface area contributed by atoms with Gasteiger partial charge in [0.2, 0.25) is 0 Å². The molecular formula is C11H13NO4. The van der Waals surface area contributed by atoms with Gasteiger partial charge in [-0.3, -0.25) is 10.1 Å². The molecule has 0 bridgehead atoms. The Labute approximate surface area is 92.5 Å². The zero-order valence-corrected chi connectivity index (χ0v) is 9.04. The minimum absolute atomic E-state index is 0.0669. The van der Waals surface area contributed by atoms with Crippen LogP contribution in [0.3, 0.4) is 0 Å². The van der Waals surface area contributed by atoms with Crippen molar-refractivity contribution in [1.82, 2.24) is 0 Å². The van der Waals surface area contributed by atoms with Crippen molar-refractivity contribution >= 4 is 5.69 Å². The van der Waals surface area contributed by atoms with Gasteiger partial charge in [0.05, 0.1) is 11.0 Å². The number of fused-ring (bicyclic) bond motifs is 1. The van der Waals surface area contributed by atoms with Gasteiger partial charge in [0, 0.05) is 17.5 Å². The van der Waals surface area contributed by atoms with Gasteiger partial charge in [-0.1, -0.05) is 19.9 Å². The third kappa shape index (κ3) is 1.32. The molecule has 5 heteroatoms. The third-order valence-corrected chi connectivity index (χ3v) is 3.30. The number of benzene rings is 1. The number of aliphatic hydroxyl groups is 2. The number of hydrogen-bond acceptors (Lipinski definition) is 4. The van der Waals surface area contributed by atoms with Crippen LogP contribution in [0.15, 0.2) is 18.2 Å². The topological polar surface area (TPSA) is 83.6 Å². The Kier molecular flexibility index (Phi) is 2.25. The molecule has 1 aliphatic rings. The van der Waals surface area contributed by atoms with E-state index in [-0.39, 0.29) is 5.69 Å². The van der Waals surface area contributed by atoms with Gasteiger partial charge in [-0.25, -0.2) is 0 Å². The Morgan fingerprint density at radius 1 is 1.38 bits per heavy atom. The lowest BCUT2D eigenvalue weighted by atomic mass is 9.84. The molecule has 0 aliphatic heterocycles. The van der Waals surface area contributed by atoms with E-state index in [1.54, 1.807) is 19.9 Å². The van der Waals surface area contributed by atoms with E-state index in [0.29, 0.717) is 5.56 Å². The van der Waals surface area contributed by atoms with Gasteiger partial charge < -0.3 is 10.2 Å². The summed E-state index contributed by atoms with van der Waals surface area (Å²) < 4.78 is 0. The lowest BCUT2D eigenvalue weighted by Gasteiger charge is -2.24. The van der Waals surface area contributed by atoms with Crippen LogP contribution < -0.4 is 0 Å². The summed E-state index contributed by atoms with van der Waals surface area (Å²) in [5.74, 6) is 0. The zero-order chi connectivity index (χ0) is 12.1. The van der Waals surface area contributed by atoms with E-state index in [4.69, 9.17) is 0 Å². The largest absolute Gasteiger partial charge is 0.389 e. The average molecular weight is 223 g/mol. The van der Waals surface area contributed by atoms with Crippen molar-refractivity contribution < 1.29 is 15.1 Å². The van der Waals surface area contributed by atoms with Crippen LogP contribution in [0, 0.1) is 10.1 Å². The standard InChI is InChI=1S/C11H13NO4/c1-11(2)8-4-3-6(12(15)16)5-7(8)9(13)10(11)14/h3-5,9-10,13-14H,1-2H3/t9-,10+/m0/s1. The number of nitro groups is 1. The third-order valence-electron chi connectivity index (χ3n) is 3.30. The molecule has 1 aromatic carbocycles. The first-order valence-electron chi connectivity index (χ1n) is 5.00. The fourth-order valence-corrected chi connectivity index (χ4v) is 2.22. The summed E-state index contributed by atoms with van der Waals surface area (Å²) in [6, 6.07) is 4.33. The average Bonchev–Trinajstić information content (AvgIpc) is 2.40. The second-order valence-electron chi connectivity index (χ2n) is 4.64. The van der Waals surface area contributed by atoms with E-state index >= 15 is 0 Å². The van der Waals surface area contributed by atoms with Gasteiger partial charge in [0.25, 0.3) is 5.69 Å². The molecule has 0 aromatic heterocycles. The SMILES string of the molecule is CC1(C)c2ccc([N+](=O)[O-])cc2[C@H](O)[C@H]1O. The first-order chi connectivity index (χ1) is 7.35. The maximum Gasteiger partial charge on any atom is 0.269 e. The Morgan fingerprint density at radius 3 is 2.56 bits per heavy atom. The molecular weight excluding hydrogens is 210 g/mol. The van der Waals surface area contributed by atoms with E-state index < -0.39 is 22.5 Å². The number of nitro benzene ring substituents is 1. The molecule has 1 aliphatic carbocycles. The summed E-state index contributed by atoms with van der Waals surface area (Å²) in [6.45, 7) is 3.61. The summed E-state index contributed by atoms with van der Waals surface area (Å²) in [5.41, 5.74) is 0.566. The van der Waals surface area contributed by atoms with Crippen molar-refractivity contribution in [3.05, 3.63) is 39.4 Å². The van der Waals surface area contributed by atoms with E-state index in [1.807, 2.05) is 0 Å². The monoisotopic (exact) mass is 223 g/mol. The Morgan fingerprint density at radius 2 is 2.00 bits per heavy atom. The predicted octanol–water partition coefficient (Wildman–Crippen LogP) is 1.28. The smallest absolute Gasteiger partial charge is 0.269 e. The van der Waals surface area contributed by atoms with Crippen LogP contribution in [0.2, 0.25) is 0 Å². The molecule has 2 N–H and O–H groups in total. The van der Waals surface area contributed by atoms with Crippen LogP contribution in [-0.2, 0) is 5.41 Å². The normalized spacial score (nSPS) is 26.5. The van der Waals surface area contributed by atoms with Crippen molar-refractivity contribution in [1.29, 1.82) is 0 Å². The Bertz CT molecular complexity index is 455. The van der Waals surface area contributed by atoms with E-state index in [1.165, 1.54) is 12.1 Å². The molecule has 1 aromatic rings. The van der Waals surface area contributed by atoms with Gasteiger partial charge in [0.1, 0.15) is 6.10 Å². The molecule has 2 atom stereocenters. The van der Waals surface area contributed by atoms with Gasteiger partial charge in [-0.05, 0) is 11.1 Å². The van der Waals surface area contributed by atoms with Crippen LogP contribution in [-0.4, -0.2) is 21.2 Å². The van der Waals surface area contributed by atoms with Crippen molar-refractivity contribution in [3.63, 3.8) is 0 Å². The van der Waals surface area contributed by atoms with Crippen LogP contribution in [0.1, 0.15) is 31.1 Å². The molecule has 86 valence electrons. The van der Waals surface area contributed by atoms with Crippen LogP contribution >= 0.6 is 0 Å². The molecule has 0 amide bonds. The Balaban J connectivity index is 2.59. The lowest BCUT2D eigenvalue weighted by Crippen LogP contribution is -2.31. The molecule has 0 saturated heterocycles. The molecule has 0 radical (unpaired) electrons. The van der Waals surface area contributed by atoms with E-state index in [2.05, 4.69) is 0 Å². The van der Waals surface area contributed by atoms with Crippen LogP contribution in [0.5, 0.6) is 0 Å². The number of aliphatic hydroxyl groups excluding tert-OH is 2.